The lowest BCUT2D eigenvalue weighted by atomic mass is 9.53. The molecule has 2 heterocycles. The van der Waals surface area contributed by atoms with Crippen molar-refractivity contribution < 1.29 is 38.0 Å². The summed E-state index contributed by atoms with van der Waals surface area (Å²) in [5, 5.41) is 6.06. The number of benzene rings is 2. The Morgan fingerprint density at radius 2 is 1.67 bits per heavy atom. The van der Waals surface area contributed by atoms with Gasteiger partial charge in [0, 0.05) is 63.0 Å². The molecule has 0 radical (unpaired) electrons. The summed E-state index contributed by atoms with van der Waals surface area (Å²) < 4.78 is 31.8. The Morgan fingerprint density at radius 3 is 2.40 bits per heavy atom. The van der Waals surface area contributed by atoms with Crippen LogP contribution in [0.2, 0.25) is 0 Å². The summed E-state index contributed by atoms with van der Waals surface area (Å²) in [4.78, 5) is 41.4. The molecule has 7 rings (SSSR count). The molecule has 2 aliphatic heterocycles. The Kier molecular flexibility index (Phi) is 11.5. The Morgan fingerprint density at radius 1 is 0.942 bits per heavy atom. The highest BCUT2D eigenvalue weighted by Gasteiger charge is 2.67. The summed E-state index contributed by atoms with van der Waals surface area (Å²) in [6.45, 7) is 10.4. The first-order valence-corrected chi connectivity index (χ1v) is 19.6. The number of hydrogen-bond acceptors (Lipinski definition) is 8. The van der Waals surface area contributed by atoms with E-state index in [-0.39, 0.29) is 29.5 Å². The molecule has 2 amide bonds. The summed E-state index contributed by atoms with van der Waals surface area (Å²) in [7, 11) is 0. The normalized spacial score (nSPS) is 33.2. The maximum Gasteiger partial charge on any atom is 0.251 e. The van der Waals surface area contributed by atoms with Gasteiger partial charge < -0.3 is 24.8 Å². The molecule has 5 aliphatic rings. The van der Waals surface area contributed by atoms with Gasteiger partial charge in [-0.25, -0.2) is 4.39 Å². The van der Waals surface area contributed by atoms with Gasteiger partial charge in [-0.2, -0.15) is 9.78 Å². The number of carbonyl (C=O) groups is 2. The summed E-state index contributed by atoms with van der Waals surface area (Å²) in [5.74, 6) is -0.371. The van der Waals surface area contributed by atoms with Gasteiger partial charge in [0.15, 0.2) is 0 Å². The summed E-state index contributed by atoms with van der Waals surface area (Å²) in [6.07, 6.45) is 8.04. The molecule has 2 spiro atoms. The fourth-order valence-electron chi connectivity index (χ4n) is 9.68. The smallest absolute Gasteiger partial charge is 0.251 e. The van der Waals surface area contributed by atoms with Crippen LogP contribution in [-0.4, -0.2) is 80.8 Å². The number of rotatable bonds is 12. The number of carbonyl (C=O) groups excluding carboxylic acids is 2. The van der Waals surface area contributed by atoms with E-state index >= 15 is 0 Å². The standard InChI is InChI=1S/C41H56FN3O7/c1-3-33-27-39(38(47)44-18-4-17-43-37(46)32-5-9-35(42)10-6-32)26-29(2)25-34(28-39)41(33)50-40(51-52-41)15-13-31(14-16-40)30-7-11-36(12-8-30)49-24-21-45-19-22-48-23-20-45/h5-12,29,31,33-34H,3-4,13-28H2,1-2H3,(H,43,46)(H,44,47)/t29?,31?,33?,34?,39?,40?,41-/m0/s1. The van der Waals surface area contributed by atoms with E-state index in [9.17, 15) is 14.0 Å². The zero-order valence-corrected chi connectivity index (χ0v) is 30.8. The van der Waals surface area contributed by atoms with Crippen molar-refractivity contribution in [2.24, 2.45) is 23.2 Å². The first kappa shape index (κ1) is 37.2. The van der Waals surface area contributed by atoms with Crippen LogP contribution < -0.4 is 15.4 Å². The molecule has 2 aromatic rings. The third-order valence-electron chi connectivity index (χ3n) is 12.4. The van der Waals surface area contributed by atoms with Crippen LogP contribution in [0.5, 0.6) is 5.75 Å². The zero-order chi connectivity index (χ0) is 36.2. The second kappa shape index (κ2) is 16.1. The minimum absolute atomic E-state index is 0.0346. The van der Waals surface area contributed by atoms with Crippen LogP contribution in [0.15, 0.2) is 48.5 Å². The highest BCUT2D eigenvalue weighted by atomic mass is 19.1. The average Bonchev–Trinajstić information content (AvgIpc) is 3.53. The lowest BCUT2D eigenvalue weighted by molar-refractivity contribution is -0.384. The molecule has 2 bridgehead atoms. The van der Waals surface area contributed by atoms with Crippen molar-refractivity contribution in [3.05, 3.63) is 65.5 Å². The van der Waals surface area contributed by atoms with Crippen molar-refractivity contribution in [1.29, 1.82) is 0 Å². The number of nitrogens with one attached hydrogen (secondary N) is 2. The van der Waals surface area contributed by atoms with Crippen molar-refractivity contribution in [2.75, 3.05) is 52.5 Å². The molecule has 10 nitrogen and oxygen atoms in total. The van der Waals surface area contributed by atoms with Gasteiger partial charge in [-0.1, -0.05) is 26.0 Å². The fourth-order valence-corrected chi connectivity index (χ4v) is 9.68. The van der Waals surface area contributed by atoms with E-state index in [0.717, 1.165) is 83.5 Å². The number of amides is 2. The van der Waals surface area contributed by atoms with Crippen molar-refractivity contribution in [2.45, 2.75) is 95.5 Å². The number of nitrogens with zero attached hydrogens (tertiary/aromatic N) is 1. The molecule has 2 saturated heterocycles. The molecule has 3 aliphatic carbocycles. The van der Waals surface area contributed by atoms with Gasteiger partial charge in [0.25, 0.3) is 5.91 Å². The van der Waals surface area contributed by atoms with Gasteiger partial charge >= 0.3 is 0 Å². The van der Waals surface area contributed by atoms with Gasteiger partial charge in [-0.05, 0) is 105 Å². The predicted molar refractivity (Wildman–Crippen MR) is 193 cm³/mol. The van der Waals surface area contributed by atoms with E-state index in [2.05, 4.69) is 53.6 Å². The lowest BCUT2D eigenvalue weighted by Crippen LogP contribution is -2.61. The lowest BCUT2D eigenvalue weighted by Gasteiger charge is -2.55. The zero-order valence-electron chi connectivity index (χ0n) is 30.8. The quantitative estimate of drug-likeness (QED) is 0.193. The SMILES string of the molecule is CCC1CC2(C(=O)NCCCNC(=O)c3ccc(F)cc3)CC(C)CC(C2)[C@@]12OOC1(CCC(c3ccc(OCCN4CCOCC4)cc3)CC1)O2. The van der Waals surface area contributed by atoms with E-state index < -0.39 is 17.0 Å². The van der Waals surface area contributed by atoms with Gasteiger partial charge in [0.05, 0.1) is 18.6 Å². The summed E-state index contributed by atoms with van der Waals surface area (Å²) in [6, 6.07) is 14.1. The minimum Gasteiger partial charge on any atom is -0.492 e. The van der Waals surface area contributed by atoms with E-state index in [4.69, 9.17) is 24.0 Å². The maximum atomic E-state index is 13.9. The molecule has 3 saturated carbocycles. The molecule has 52 heavy (non-hydrogen) atoms. The number of halogens is 1. The van der Waals surface area contributed by atoms with E-state index in [1.165, 1.54) is 29.8 Å². The molecule has 0 aromatic heterocycles. The Bertz CT molecular complexity index is 1510. The van der Waals surface area contributed by atoms with Crippen molar-refractivity contribution >= 4 is 11.8 Å². The summed E-state index contributed by atoms with van der Waals surface area (Å²) >= 11 is 0. The Balaban J connectivity index is 0.904. The minimum atomic E-state index is -0.842. The first-order chi connectivity index (χ1) is 25.2. The monoisotopic (exact) mass is 721 g/mol. The highest BCUT2D eigenvalue weighted by molar-refractivity contribution is 5.94. The van der Waals surface area contributed by atoms with Crippen LogP contribution in [-0.2, 0) is 24.0 Å². The maximum absolute atomic E-state index is 13.9. The number of morpholine rings is 1. The van der Waals surface area contributed by atoms with Gasteiger partial charge in [-0.15, -0.1) is 0 Å². The molecule has 5 fully saturated rings. The van der Waals surface area contributed by atoms with Crippen LogP contribution in [0.1, 0.15) is 99.9 Å². The Hall–Kier alpha value is -3.09. The molecule has 11 heteroatoms. The van der Waals surface area contributed by atoms with Crippen LogP contribution >= 0.6 is 0 Å². The third-order valence-corrected chi connectivity index (χ3v) is 12.4. The highest BCUT2D eigenvalue weighted by Crippen LogP contribution is 2.63. The van der Waals surface area contributed by atoms with Gasteiger partial charge in [0.1, 0.15) is 18.2 Å². The van der Waals surface area contributed by atoms with E-state index in [0.29, 0.717) is 56.4 Å². The van der Waals surface area contributed by atoms with Crippen molar-refractivity contribution in [1.82, 2.24) is 15.5 Å². The molecule has 284 valence electrons. The molecule has 4 unspecified atom stereocenters. The first-order valence-electron chi connectivity index (χ1n) is 19.6. The van der Waals surface area contributed by atoms with Gasteiger partial charge in [-0.3, -0.25) is 14.5 Å². The average molecular weight is 722 g/mol. The van der Waals surface area contributed by atoms with E-state index in [1.807, 2.05) is 0 Å². The molecular formula is C41H56FN3O7. The molecule has 5 atom stereocenters. The van der Waals surface area contributed by atoms with Gasteiger partial charge in [0.2, 0.25) is 17.5 Å². The molecule has 2 N–H and O–H groups in total. The van der Waals surface area contributed by atoms with Crippen LogP contribution in [0.25, 0.3) is 0 Å². The number of hydrogen-bond donors (Lipinski definition) is 2. The molecular weight excluding hydrogens is 665 g/mol. The third kappa shape index (κ3) is 8.04. The van der Waals surface area contributed by atoms with Crippen LogP contribution in [0.4, 0.5) is 4.39 Å². The second-order valence-electron chi connectivity index (χ2n) is 16.0. The fraction of sp³-hybridized carbons (Fsp3) is 0.659. The van der Waals surface area contributed by atoms with E-state index in [1.54, 1.807) is 0 Å². The largest absolute Gasteiger partial charge is 0.492 e. The van der Waals surface area contributed by atoms with Crippen molar-refractivity contribution in [3.8, 4) is 5.75 Å². The number of ether oxygens (including phenoxy) is 3. The second-order valence-corrected chi connectivity index (χ2v) is 16.0. The Labute approximate surface area is 307 Å². The topological polar surface area (TPSA) is 108 Å². The van der Waals surface area contributed by atoms with Crippen molar-refractivity contribution in [3.63, 3.8) is 0 Å². The predicted octanol–water partition coefficient (Wildman–Crippen LogP) is 6.35. The summed E-state index contributed by atoms with van der Waals surface area (Å²) in [5.41, 5.74) is 1.25. The van der Waals surface area contributed by atoms with Crippen LogP contribution in [0.3, 0.4) is 0 Å². The van der Waals surface area contributed by atoms with Crippen LogP contribution in [0, 0.1) is 29.0 Å². The number of fused-ring (bicyclic) bond motifs is 3. The molecule has 2 aromatic carbocycles.